The van der Waals surface area contributed by atoms with Crippen LogP contribution < -0.4 is 10.1 Å². The summed E-state index contributed by atoms with van der Waals surface area (Å²) < 4.78 is 5.40. The summed E-state index contributed by atoms with van der Waals surface area (Å²) in [6.45, 7) is 9.33. The molecule has 1 rings (SSSR count). The Hall–Kier alpha value is -1.06. The summed E-state index contributed by atoms with van der Waals surface area (Å²) in [6.07, 6.45) is -0.433. The zero-order valence-electron chi connectivity index (χ0n) is 11.2. The van der Waals surface area contributed by atoms with Crippen LogP contribution in [0.1, 0.15) is 33.3 Å². The van der Waals surface area contributed by atoms with Crippen molar-refractivity contribution in [1.82, 2.24) is 5.32 Å². The van der Waals surface area contributed by atoms with Crippen LogP contribution in [0.25, 0.3) is 0 Å². The monoisotopic (exact) mass is 237 g/mol. The van der Waals surface area contributed by atoms with Crippen LogP contribution in [0.3, 0.4) is 0 Å². The van der Waals surface area contributed by atoms with Crippen LogP contribution in [0, 0.1) is 0 Å². The number of aliphatic hydroxyl groups excluding tert-OH is 1. The number of nitrogens with one attached hydrogen (secondary N) is 1. The van der Waals surface area contributed by atoms with E-state index in [1.54, 1.807) is 6.92 Å². The molecule has 0 spiro atoms. The fraction of sp³-hybridized carbons (Fsp3) is 0.571. The van der Waals surface area contributed by atoms with E-state index in [2.05, 4.69) is 26.1 Å². The topological polar surface area (TPSA) is 41.5 Å². The maximum Gasteiger partial charge on any atom is 0.119 e. The normalized spacial score (nSPS) is 13.5. The molecule has 1 aromatic rings. The van der Waals surface area contributed by atoms with Crippen LogP contribution in [-0.2, 0) is 6.54 Å². The molecule has 2 N–H and O–H groups in total. The van der Waals surface area contributed by atoms with Gasteiger partial charge < -0.3 is 15.2 Å². The third kappa shape index (κ3) is 6.29. The highest BCUT2D eigenvalue weighted by molar-refractivity contribution is 5.27. The van der Waals surface area contributed by atoms with Crippen molar-refractivity contribution < 1.29 is 9.84 Å². The van der Waals surface area contributed by atoms with Crippen molar-refractivity contribution >= 4 is 0 Å². The number of hydrogen-bond donors (Lipinski definition) is 2. The molecule has 0 amide bonds. The van der Waals surface area contributed by atoms with E-state index in [4.69, 9.17) is 9.84 Å². The third-order valence-electron chi connectivity index (χ3n) is 2.24. The predicted octanol–water partition coefficient (Wildman–Crippen LogP) is 2.33. The van der Waals surface area contributed by atoms with E-state index >= 15 is 0 Å². The molecule has 96 valence electrons. The fourth-order valence-corrected chi connectivity index (χ4v) is 1.29. The molecular formula is C14H23NO2. The van der Waals surface area contributed by atoms with E-state index in [1.807, 2.05) is 24.3 Å². The molecular weight excluding hydrogens is 214 g/mol. The maximum absolute atomic E-state index is 9.11. The van der Waals surface area contributed by atoms with Crippen LogP contribution in [0.4, 0.5) is 0 Å². The molecule has 0 saturated heterocycles. The van der Waals surface area contributed by atoms with Crippen LogP contribution in [0.15, 0.2) is 24.3 Å². The van der Waals surface area contributed by atoms with Gasteiger partial charge in [-0.05, 0) is 45.4 Å². The summed E-state index contributed by atoms with van der Waals surface area (Å²) >= 11 is 0. The molecule has 1 atom stereocenters. The summed E-state index contributed by atoms with van der Waals surface area (Å²) in [5.74, 6) is 0.797. The Labute approximate surface area is 104 Å². The number of rotatable bonds is 5. The van der Waals surface area contributed by atoms with Gasteiger partial charge in [-0.2, -0.15) is 0 Å². The Balaban J connectivity index is 2.45. The van der Waals surface area contributed by atoms with Crippen molar-refractivity contribution in [3.8, 4) is 5.75 Å². The summed E-state index contributed by atoms with van der Waals surface area (Å²) in [4.78, 5) is 0. The number of hydrogen-bond acceptors (Lipinski definition) is 3. The largest absolute Gasteiger partial charge is 0.491 e. The van der Waals surface area contributed by atoms with Gasteiger partial charge in [-0.1, -0.05) is 12.1 Å². The van der Waals surface area contributed by atoms with Crippen LogP contribution in [0.2, 0.25) is 0 Å². The van der Waals surface area contributed by atoms with E-state index < -0.39 is 6.10 Å². The van der Waals surface area contributed by atoms with Gasteiger partial charge in [0.2, 0.25) is 0 Å². The molecule has 0 aliphatic heterocycles. The van der Waals surface area contributed by atoms with E-state index in [1.165, 1.54) is 5.56 Å². The van der Waals surface area contributed by atoms with E-state index in [9.17, 15) is 0 Å². The molecule has 1 unspecified atom stereocenters. The first kappa shape index (κ1) is 14.0. The summed E-state index contributed by atoms with van der Waals surface area (Å²) in [7, 11) is 0. The number of ether oxygens (including phenoxy) is 1. The van der Waals surface area contributed by atoms with Gasteiger partial charge in [0.25, 0.3) is 0 Å². The first-order chi connectivity index (χ1) is 7.87. The third-order valence-corrected chi connectivity index (χ3v) is 2.24. The molecule has 17 heavy (non-hydrogen) atoms. The van der Waals surface area contributed by atoms with Crippen LogP contribution >= 0.6 is 0 Å². The first-order valence-electron chi connectivity index (χ1n) is 6.02. The Kier molecular flexibility index (Phi) is 4.97. The van der Waals surface area contributed by atoms with Gasteiger partial charge in [0, 0.05) is 12.1 Å². The second-order valence-corrected chi connectivity index (χ2v) is 5.41. The lowest BCUT2D eigenvalue weighted by atomic mass is 10.1. The van der Waals surface area contributed by atoms with Gasteiger partial charge >= 0.3 is 0 Å². The lowest BCUT2D eigenvalue weighted by molar-refractivity contribution is 0.122. The molecule has 0 bridgehead atoms. The van der Waals surface area contributed by atoms with E-state index in [0.29, 0.717) is 6.61 Å². The van der Waals surface area contributed by atoms with Crippen molar-refractivity contribution in [1.29, 1.82) is 0 Å². The standard InChI is InChI=1S/C14H23NO2/c1-11(16)10-17-13-7-5-12(6-8-13)9-15-14(2,3)4/h5-8,11,15-16H,9-10H2,1-4H3. The van der Waals surface area contributed by atoms with E-state index in [-0.39, 0.29) is 5.54 Å². The molecule has 0 heterocycles. The zero-order chi connectivity index (χ0) is 12.9. The minimum atomic E-state index is -0.433. The average Bonchev–Trinajstić information content (AvgIpc) is 2.24. The Bertz CT molecular complexity index is 325. The Morgan fingerprint density at radius 3 is 2.29 bits per heavy atom. The lowest BCUT2D eigenvalue weighted by Gasteiger charge is -2.20. The molecule has 1 aromatic carbocycles. The van der Waals surface area contributed by atoms with Gasteiger partial charge in [0.1, 0.15) is 12.4 Å². The summed E-state index contributed by atoms with van der Waals surface area (Å²) in [5.41, 5.74) is 1.35. The van der Waals surface area contributed by atoms with E-state index in [0.717, 1.165) is 12.3 Å². The van der Waals surface area contributed by atoms with Crippen molar-refractivity contribution in [2.75, 3.05) is 6.61 Å². The summed E-state index contributed by atoms with van der Waals surface area (Å²) in [6, 6.07) is 7.94. The fourth-order valence-electron chi connectivity index (χ4n) is 1.29. The Morgan fingerprint density at radius 1 is 1.24 bits per heavy atom. The maximum atomic E-state index is 9.11. The average molecular weight is 237 g/mol. The van der Waals surface area contributed by atoms with Crippen molar-refractivity contribution in [3.05, 3.63) is 29.8 Å². The van der Waals surface area contributed by atoms with Gasteiger partial charge in [-0.3, -0.25) is 0 Å². The molecule has 0 fully saturated rings. The zero-order valence-corrected chi connectivity index (χ0v) is 11.2. The molecule has 3 heteroatoms. The molecule has 0 aromatic heterocycles. The van der Waals surface area contributed by atoms with Crippen molar-refractivity contribution in [2.45, 2.75) is 45.9 Å². The van der Waals surface area contributed by atoms with Crippen molar-refractivity contribution in [2.24, 2.45) is 0 Å². The van der Waals surface area contributed by atoms with Gasteiger partial charge in [0.15, 0.2) is 0 Å². The lowest BCUT2D eigenvalue weighted by Crippen LogP contribution is -2.35. The van der Waals surface area contributed by atoms with Gasteiger partial charge in [-0.15, -0.1) is 0 Å². The number of aliphatic hydroxyl groups is 1. The molecule has 0 saturated carbocycles. The highest BCUT2D eigenvalue weighted by Gasteiger charge is 2.08. The SMILES string of the molecule is CC(O)COc1ccc(CNC(C)(C)C)cc1. The molecule has 3 nitrogen and oxygen atoms in total. The molecule has 0 aliphatic rings. The molecule has 0 radical (unpaired) electrons. The second-order valence-electron chi connectivity index (χ2n) is 5.41. The Morgan fingerprint density at radius 2 is 1.82 bits per heavy atom. The highest BCUT2D eigenvalue weighted by Crippen LogP contribution is 2.13. The quantitative estimate of drug-likeness (QED) is 0.826. The highest BCUT2D eigenvalue weighted by atomic mass is 16.5. The van der Waals surface area contributed by atoms with Gasteiger partial charge in [0.05, 0.1) is 6.10 Å². The minimum Gasteiger partial charge on any atom is -0.491 e. The smallest absolute Gasteiger partial charge is 0.119 e. The van der Waals surface area contributed by atoms with Crippen LogP contribution in [0.5, 0.6) is 5.75 Å². The van der Waals surface area contributed by atoms with Gasteiger partial charge in [-0.25, -0.2) is 0 Å². The van der Waals surface area contributed by atoms with Crippen molar-refractivity contribution in [3.63, 3.8) is 0 Å². The number of benzene rings is 1. The first-order valence-corrected chi connectivity index (χ1v) is 6.02. The molecule has 0 aliphatic carbocycles. The summed E-state index contributed by atoms with van der Waals surface area (Å²) in [5, 5.41) is 12.5. The van der Waals surface area contributed by atoms with Crippen LogP contribution in [-0.4, -0.2) is 23.4 Å². The second kappa shape index (κ2) is 6.03. The minimum absolute atomic E-state index is 0.126. The predicted molar refractivity (Wildman–Crippen MR) is 70.2 cm³/mol.